The van der Waals surface area contributed by atoms with E-state index in [9.17, 15) is 4.79 Å². The molecule has 0 aliphatic heterocycles. The molecule has 0 saturated heterocycles. The van der Waals surface area contributed by atoms with E-state index in [4.69, 9.17) is 0 Å². The lowest BCUT2D eigenvalue weighted by Crippen LogP contribution is -2.31. The van der Waals surface area contributed by atoms with Crippen LogP contribution in [0.1, 0.15) is 45.1 Å². The smallest absolute Gasteiger partial charge is 0.319 e. The molecular formula is C15H22N6O. The average molecular weight is 302 g/mol. The first kappa shape index (κ1) is 15.9. The number of nitrogens with zero attached hydrogens (tertiary/aromatic N) is 4. The summed E-state index contributed by atoms with van der Waals surface area (Å²) in [5, 5.41) is 9.66. The van der Waals surface area contributed by atoms with Gasteiger partial charge in [-0.2, -0.15) is 5.10 Å². The molecule has 2 amide bonds. The number of amides is 2. The van der Waals surface area contributed by atoms with Crippen molar-refractivity contribution < 1.29 is 4.79 Å². The van der Waals surface area contributed by atoms with Crippen LogP contribution in [0.5, 0.6) is 0 Å². The first-order valence-electron chi connectivity index (χ1n) is 7.14. The van der Waals surface area contributed by atoms with Gasteiger partial charge in [0.25, 0.3) is 0 Å². The average Bonchev–Trinajstić information content (AvgIpc) is 2.85. The fraction of sp³-hybridized carbons (Fsp3) is 0.467. The zero-order chi connectivity index (χ0) is 16.3. The molecule has 1 atom stereocenters. The second-order valence-corrected chi connectivity index (χ2v) is 6.31. The summed E-state index contributed by atoms with van der Waals surface area (Å²) in [6.07, 6.45) is 6.82. The quantitative estimate of drug-likeness (QED) is 0.911. The number of hydrogen-bond acceptors (Lipinski definition) is 4. The van der Waals surface area contributed by atoms with E-state index in [2.05, 4.69) is 25.7 Å². The number of carbonyl (C=O) groups is 1. The number of hydrogen-bond donors (Lipinski definition) is 2. The van der Waals surface area contributed by atoms with Crippen LogP contribution < -0.4 is 10.6 Å². The van der Waals surface area contributed by atoms with Gasteiger partial charge in [-0.25, -0.2) is 14.8 Å². The van der Waals surface area contributed by atoms with Crippen molar-refractivity contribution in [3.63, 3.8) is 0 Å². The predicted molar refractivity (Wildman–Crippen MR) is 84.5 cm³/mol. The lowest BCUT2D eigenvalue weighted by molar-refractivity contribution is 0.249. The van der Waals surface area contributed by atoms with Crippen LogP contribution in [0.15, 0.2) is 24.8 Å². The largest absolute Gasteiger partial charge is 0.331 e. The van der Waals surface area contributed by atoms with Crippen LogP contribution in [-0.2, 0) is 12.5 Å². The van der Waals surface area contributed by atoms with E-state index < -0.39 is 0 Å². The highest BCUT2D eigenvalue weighted by Gasteiger charge is 2.17. The van der Waals surface area contributed by atoms with Crippen LogP contribution in [0.25, 0.3) is 0 Å². The third-order valence-electron chi connectivity index (χ3n) is 3.15. The van der Waals surface area contributed by atoms with Gasteiger partial charge in [0.2, 0.25) is 0 Å². The summed E-state index contributed by atoms with van der Waals surface area (Å²) >= 11 is 0. The van der Waals surface area contributed by atoms with E-state index in [1.165, 1.54) is 0 Å². The molecule has 2 rings (SSSR count). The van der Waals surface area contributed by atoms with Gasteiger partial charge in [-0.15, -0.1) is 0 Å². The number of carbonyl (C=O) groups excluding carboxylic acids is 1. The van der Waals surface area contributed by atoms with Crippen LogP contribution in [0.3, 0.4) is 0 Å². The van der Waals surface area contributed by atoms with Crippen molar-refractivity contribution in [3.05, 3.63) is 36.2 Å². The van der Waals surface area contributed by atoms with Gasteiger partial charge in [-0.05, 0) is 6.92 Å². The first-order chi connectivity index (χ1) is 10.3. The van der Waals surface area contributed by atoms with Gasteiger partial charge in [-0.1, -0.05) is 20.8 Å². The zero-order valence-corrected chi connectivity index (χ0v) is 13.6. The zero-order valence-electron chi connectivity index (χ0n) is 13.6. The Hall–Kier alpha value is -2.44. The van der Waals surface area contributed by atoms with Gasteiger partial charge >= 0.3 is 6.03 Å². The number of urea groups is 1. The first-order valence-corrected chi connectivity index (χ1v) is 7.14. The molecule has 0 fully saturated rings. The molecule has 7 nitrogen and oxygen atoms in total. The Balaban J connectivity index is 1.94. The number of aromatic nitrogens is 4. The molecule has 22 heavy (non-hydrogen) atoms. The summed E-state index contributed by atoms with van der Waals surface area (Å²) in [5.41, 5.74) is 1.39. The van der Waals surface area contributed by atoms with Crippen LogP contribution in [0.4, 0.5) is 10.5 Å². The summed E-state index contributed by atoms with van der Waals surface area (Å²) in [5.74, 6) is 0.738. The summed E-state index contributed by atoms with van der Waals surface area (Å²) in [7, 11) is 1.84. The van der Waals surface area contributed by atoms with E-state index in [0.29, 0.717) is 5.69 Å². The molecule has 0 aliphatic carbocycles. The molecule has 1 unspecified atom stereocenters. The molecular weight excluding hydrogens is 280 g/mol. The normalized spacial score (nSPS) is 12.8. The minimum Gasteiger partial charge on any atom is -0.331 e. The lowest BCUT2D eigenvalue weighted by Gasteiger charge is -2.16. The molecule has 2 N–H and O–H groups in total. The van der Waals surface area contributed by atoms with Crippen molar-refractivity contribution in [3.8, 4) is 0 Å². The van der Waals surface area contributed by atoms with E-state index in [0.717, 1.165) is 11.4 Å². The fourth-order valence-corrected chi connectivity index (χ4v) is 1.89. The number of rotatable bonds is 3. The van der Waals surface area contributed by atoms with Gasteiger partial charge < -0.3 is 10.6 Å². The molecule has 2 heterocycles. The lowest BCUT2D eigenvalue weighted by atomic mass is 9.96. The fourth-order valence-electron chi connectivity index (χ4n) is 1.89. The van der Waals surface area contributed by atoms with Crippen LogP contribution in [0.2, 0.25) is 0 Å². The summed E-state index contributed by atoms with van der Waals surface area (Å²) < 4.78 is 1.70. The van der Waals surface area contributed by atoms with E-state index in [1.807, 2.05) is 40.9 Å². The molecule has 0 aliphatic rings. The highest BCUT2D eigenvalue weighted by molar-refractivity contribution is 5.89. The molecule has 0 spiro atoms. The van der Waals surface area contributed by atoms with Crippen LogP contribution in [-0.4, -0.2) is 25.8 Å². The maximum absolute atomic E-state index is 12.0. The van der Waals surface area contributed by atoms with Crippen LogP contribution >= 0.6 is 0 Å². The summed E-state index contributed by atoms with van der Waals surface area (Å²) in [6, 6.07) is -0.438. The van der Waals surface area contributed by atoms with Crippen molar-refractivity contribution in [2.24, 2.45) is 7.05 Å². The molecule has 0 bridgehead atoms. The number of aryl methyl sites for hydroxylation is 1. The number of nitrogens with one attached hydrogen (secondary N) is 2. The van der Waals surface area contributed by atoms with Crippen molar-refractivity contribution in [2.75, 3.05) is 5.32 Å². The topological polar surface area (TPSA) is 84.7 Å². The second kappa shape index (κ2) is 6.13. The molecule has 7 heteroatoms. The van der Waals surface area contributed by atoms with Crippen molar-refractivity contribution in [2.45, 2.75) is 39.2 Å². The Morgan fingerprint density at radius 3 is 2.36 bits per heavy atom. The minimum atomic E-state index is -0.302. The standard InChI is InChI=1S/C15H22N6O/c1-10(11-6-18-21(5)9-11)19-14(22)20-12-7-16-13(17-8-12)15(2,3)4/h6-10H,1-5H3,(H2,19,20,22). The van der Waals surface area contributed by atoms with Gasteiger partial charge in [0, 0.05) is 24.2 Å². The summed E-state index contributed by atoms with van der Waals surface area (Å²) in [4.78, 5) is 20.5. The molecule has 118 valence electrons. The van der Waals surface area contributed by atoms with Gasteiger partial charge in [-0.3, -0.25) is 4.68 Å². The Bertz CT molecular complexity index is 641. The molecule has 2 aromatic rings. The van der Waals surface area contributed by atoms with Crippen molar-refractivity contribution in [1.82, 2.24) is 25.1 Å². The van der Waals surface area contributed by atoms with Crippen molar-refractivity contribution in [1.29, 1.82) is 0 Å². The maximum atomic E-state index is 12.0. The maximum Gasteiger partial charge on any atom is 0.319 e. The number of anilines is 1. The molecule has 0 radical (unpaired) electrons. The summed E-state index contributed by atoms with van der Waals surface area (Å²) in [6.45, 7) is 8.02. The Morgan fingerprint density at radius 2 is 1.86 bits per heavy atom. The SMILES string of the molecule is CC(NC(=O)Nc1cnc(C(C)(C)C)nc1)c1cnn(C)c1. The predicted octanol–water partition coefficient (Wildman–Crippen LogP) is 2.39. The van der Waals surface area contributed by atoms with Gasteiger partial charge in [0.1, 0.15) is 5.82 Å². The van der Waals surface area contributed by atoms with E-state index >= 15 is 0 Å². The highest BCUT2D eigenvalue weighted by atomic mass is 16.2. The third-order valence-corrected chi connectivity index (χ3v) is 3.15. The minimum absolute atomic E-state index is 0.115. The van der Waals surface area contributed by atoms with E-state index in [-0.39, 0.29) is 17.5 Å². The highest BCUT2D eigenvalue weighted by Crippen LogP contribution is 2.18. The Labute approximate surface area is 130 Å². The Morgan fingerprint density at radius 1 is 1.23 bits per heavy atom. The Kier molecular flexibility index (Phi) is 4.44. The molecule has 0 saturated carbocycles. The molecule has 0 aromatic carbocycles. The van der Waals surface area contributed by atoms with Crippen LogP contribution in [0, 0.1) is 0 Å². The van der Waals surface area contributed by atoms with E-state index in [1.54, 1.807) is 23.3 Å². The third kappa shape index (κ3) is 4.03. The van der Waals surface area contributed by atoms with Crippen molar-refractivity contribution >= 4 is 11.7 Å². The monoisotopic (exact) mass is 302 g/mol. The van der Waals surface area contributed by atoms with Gasteiger partial charge in [0.15, 0.2) is 0 Å². The second-order valence-electron chi connectivity index (χ2n) is 6.31. The van der Waals surface area contributed by atoms with Gasteiger partial charge in [0.05, 0.1) is 30.3 Å². The molecule has 2 aromatic heterocycles.